The Morgan fingerprint density at radius 2 is 2.00 bits per heavy atom. The van der Waals surface area contributed by atoms with Gasteiger partial charge in [0.1, 0.15) is 0 Å². The number of carbonyl (C=O) groups excluding carboxylic acids is 1. The van der Waals surface area contributed by atoms with Crippen LogP contribution >= 0.6 is 11.8 Å². The number of hydrogen-bond acceptors (Lipinski definition) is 2. The first-order valence-corrected chi connectivity index (χ1v) is 6.00. The molecule has 0 fully saturated rings. The van der Waals surface area contributed by atoms with E-state index < -0.39 is 0 Å². The molecule has 1 unspecified atom stereocenters. The highest BCUT2D eigenvalue weighted by Crippen LogP contribution is 2.13. The maximum absolute atomic E-state index is 11.5. The van der Waals surface area contributed by atoms with Gasteiger partial charge in [0.05, 0.1) is 5.25 Å². The molecule has 0 saturated carbocycles. The third kappa shape index (κ3) is 5.97. The summed E-state index contributed by atoms with van der Waals surface area (Å²) in [6.45, 7) is 9.15. The number of amides is 1. The summed E-state index contributed by atoms with van der Waals surface area (Å²) in [4.78, 5) is 11.5. The standard InChI is InChI=1S/C10H21NOS/c1-6-8(13-5)9(12)11-7-10(2,3)4/h8H,6-7H2,1-5H3,(H,11,12). The molecule has 3 heteroatoms. The molecule has 0 aromatic heterocycles. The molecule has 1 atom stereocenters. The molecule has 1 amide bonds. The van der Waals surface area contributed by atoms with Crippen molar-refractivity contribution in [3.05, 3.63) is 0 Å². The topological polar surface area (TPSA) is 29.1 Å². The number of thioether (sulfide) groups is 1. The molecule has 0 aliphatic carbocycles. The van der Waals surface area contributed by atoms with Crippen molar-refractivity contribution in [3.8, 4) is 0 Å². The van der Waals surface area contributed by atoms with Gasteiger partial charge in [-0.25, -0.2) is 0 Å². The summed E-state index contributed by atoms with van der Waals surface area (Å²) >= 11 is 1.62. The molecule has 0 aliphatic rings. The maximum atomic E-state index is 11.5. The van der Waals surface area contributed by atoms with E-state index in [0.717, 1.165) is 13.0 Å². The second kappa shape index (κ2) is 5.53. The third-order valence-corrected chi connectivity index (χ3v) is 2.86. The van der Waals surface area contributed by atoms with Gasteiger partial charge in [0, 0.05) is 6.54 Å². The van der Waals surface area contributed by atoms with Crippen molar-refractivity contribution in [2.75, 3.05) is 12.8 Å². The van der Waals surface area contributed by atoms with E-state index in [0.29, 0.717) is 0 Å². The van der Waals surface area contributed by atoms with E-state index in [9.17, 15) is 4.79 Å². The summed E-state index contributed by atoms with van der Waals surface area (Å²) < 4.78 is 0. The molecule has 0 aliphatic heterocycles. The maximum Gasteiger partial charge on any atom is 0.233 e. The van der Waals surface area contributed by atoms with E-state index >= 15 is 0 Å². The van der Waals surface area contributed by atoms with Crippen LogP contribution in [0.3, 0.4) is 0 Å². The fourth-order valence-corrected chi connectivity index (χ4v) is 1.56. The fraction of sp³-hybridized carbons (Fsp3) is 0.900. The zero-order chi connectivity index (χ0) is 10.5. The summed E-state index contributed by atoms with van der Waals surface area (Å²) in [6, 6.07) is 0. The highest BCUT2D eigenvalue weighted by molar-refractivity contribution is 7.99. The SMILES string of the molecule is CCC(SC)C(=O)NCC(C)(C)C. The lowest BCUT2D eigenvalue weighted by Gasteiger charge is -2.20. The fourth-order valence-electron chi connectivity index (χ4n) is 0.925. The molecule has 0 bridgehead atoms. The summed E-state index contributed by atoms with van der Waals surface area (Å²) in [7, 11) is 0. The monoisotopic (exact) mass is 203 g/mol. The van der Waals surface area contributed by atoms with E-state index in [1.807, 2.05) is 13.2 Å². The first kappa shape index (κ1) is 12.8. The van der Waals surface area contributed by atoms with Crippen LogP contribution in [0.2, 0.25) is 0 Å². The van der Waals surface area contributed by atoms with Gasteiger partial charge in [0.25, 0.3) is 0 Å². The lowest BCUT2D eigenvalue weighted by molar-refractivity contribution is -0.121. The van der Waals surface area contributed by atoms with E-state index in [-0.39, 0.29) is 16.6 Å². The predicted molar refractivity (Wildman–Crippen MR) is 60.1 cm³/mol. The number of rotatable bonds is 4. The number of hydrogen-bond donors (Lipinski definition) is 1. The van der Waals surface area contributed by atoms with Crippen LogP contribution in [0, 0.1) is 5.41 Å². The minimum atomic E-state index is 0.113. The highest BCUT2D eigenvalue weighted by Gasteiger charge is 2.17. The normalized spacial score (nSPS) is 13.9. The zero-order valence-electron chi connectivity index (χ0n) is 9.31. The predicted octanol–water partition coefficient (Wildman–Crippen LogP) is 2.29. The Bertz CT molecular complexity index is 159. The number of carbonyl (C=O) groups is 1. The second-order valence-corrected chi connectivity index (χ2v) is 5.45. The van der Waals surface area contributed by atoms with E-state index in [4.69, 9.17) is 0 Å². The van der Waals surface area contributed by atoms with Crippen LogP contribution in [0.5, 0.6) is 0 Å². The second-order valence-electron chi connectivity index (χ2n) is 4.41. The molecular weight excluding hydrogens is 182 g/mol. The van der Waals surface area contributed by atoms with Gasteiger partial charge in [-0.3, -0.25) is 4.79 Å². The smallest absolute Gasteiger partial charge is 0.233 e. The molecule has 78 valence electrons. The van der Waals surface area contributed by atoms with Crippen LogP contribution in [0.25, 0.3) is 0 Å². The van der Waals surface area contributed by atoms with Crippen LogP contribution in [0.1, 0.15) is 34.1 Å². The molecule has 2 nitrogen and oxygen atoms in total. The molecular formula is C10H21NOS. The average Bonchev–Trinajstić information content (AvgIpc) is 2.02. The van der Waals surface area contributed by atoms with Crippen LogP contribution in [0.4, 0.5) is 0 Å². The first-order valence-electron chi connectivity index (χ1n) is 4.71. The van der Waals surface area contributed by atoms with E-state index in [2.05, 4.69) is 26.1 Å². The van der Waals surface area contributed by atoms with Gasteiger partial charge in [-0.1, -0.05) is 27.7 Å². The molecule has 0 aromatic rings. The first-order chi connectivity index (χ1) is 5.90. The largest absolute Gasteiger partial charge is 0.355 e. The lowest BCUT2D eigenvalue weighted by Crippen LogP contribution is -2.37. The molecule has 0 rings (SSSR count). The van der Waals surface area contributed by atoms with Gasteiger partial charge in [-0.05, 0) is 18.1 Å². The quantitative estimate of drug-likeness (QED) is 0.759. The van der Waals surface area contributed by atoms with Crippen molar-refractivity contribution in [3.63, 3.8) is 0 Å². The lowest BCUT2D eigenvalue weighted by atomic mass is 9.97. The van der Waals surface area contributed by atoms with Gasteiger partial charge in [0.2, 0.25) is 5.91 Å². The minimum Gasteiger partial charge on any atom is -0.355 e. The van der Waals surface area contributed by atoms with Gasteiger partial charge < -0.3 is 5.32 Å². The van der Waals surface area contributed by atoms with Crippen molar-refractivity contribution >= 4 is 17.7 Å². The van der Waals surface area contributed by atoms with Crippen molar-refractivity contribution in [2.24, 2.45) is 5.41 Å². The van der Waals surface area contributed by atoms with Gasteiger partial charge in [0.15, 0.2) is 0 Å². The third-order valence-electron chi connectivity index (χ3n) is 1.74. The average molecular weight is 203 g/mol. The summed E-state index contributed by atoms with van der Waals surface area (Å²) in [5, 5.41) is 3.08. The van der Waals surface area contributed by atoms with Crippen molar-refractivity contribution in [1.29, 1.82) is 0 Å². The van der Waals surface area contributed by atoms with Crippen molar-refractivity contribution < 1.29 is 4.79 Å². The van der Waals surface area contributed by atoms with Crippen LogP contribution in [0.15, 0.2) is 0 Å². The molecule has 1 N–H and O–H groups in total. The zero-order valence-corrected chi connectivity index (χ0v) is 10.1. The summed E-state index contributed by atoms with van der Waals surface area (Å²) in [6.07, 6.45) is 2.88. The van der Waals surface area contributed by atoms with Gasteiger partial charge in [-0.2, -0.15) is 11.8 Å². The highest BCUT2D eigenvalue weighted by atomic mass is 32.2. The minimum absolute atomic E-state index is 0.113. The van der Waals surface area contributed by atoms with Crippen LogP contribution in [-0.4, -0.2) is 24.0 Å². The molecule has 0 spiro atoms. The molecule has 0 saturated heterocycles. The summed E-state index contributed by atoms with van der Waals surface area (Å²) in [5.74, 6) is 0.171. The van der Waals surface area contributed by atoms with E-state index in [1.54, 1.807) is 11.8 Å². The van der Waals surface area contributed by atoms with Gasteiger partial charge >= 0.3 is 0 Å². The Kier molecular flexibility index (Phi) is 5.45. The van der Waals surface area contributed by atoms with Crippen molar-refractivity contribution in [2.45, 2.75) is 39.4 Å². The molecule has 0 radical (unpaired) electrons. The Hall–Kier alpha value is -0.180. The van der Waals surface area contributed by atoms with E-state index in [1.165, 1.54) is 0 Å². The molecule has 0 heterocycles. The van der Waals surface area contributed by atoms with Gasteiger partial charge in [-0.15, -0.1) is 0 Å². The Morgan fingerprint density at radius 1 is 1.46 bits per heavy atom. The van der Waals surface area contributed by atoms with Crippen LogP contribution in [-0.2, 0) is 4.79 Å². The Morgan fingerprint density at radius 3 is 2.31 bits per heavy atom. The number of nitrogens with one attached hydrogen (secondary N) is 1. The molecule has 0 aromatic carbocycles. The van der Waals surface area contributed by atoms with Crippen molar-refractivity contribution in [1.82, 2.24) is 5.32 Å². The Labute approximate surface area is 85.9 Å². The molecule has 13 heavy (non-hydrogen) atoms. The summed E-state index contributed by atoms with van der Waals surface area (Å²) in [5.41, 5.74) is 0.173. The van der Waals surface area contributed by atoms with Crippen LogP contribution < -0.4 is 5.32 Å². The Balaban J connectivity index is 3.86.